The first-order valence-corrected chi connectivity index (χ1v) is 13.6. The van der Waals surface area contributed by atoms with E-state index in [-0.39, 0.29) is 31.4 Å². The molecule has 0 bridgehead atoms. The molecule has 0 spiro atoms. The molecular formula is C27H28ClN3O4S. The number of rotatable bonds is 7. The highest BCUT2D eigenvalue weighted by Gasteiger charge is 2.52. The normalized spacial score (nSPS) is 21.2. The van der Waals surface area contributed by atoms with Crippen LogP contribution in [0.25, 0.3) is 0 Å². The van der Waals surface area contributed by atoms with Gasteiger partial charge in [-0.05, 0) is 61.6 Å². The van der Waals surface area contributed by atoms with Crippen LogP contribution in [0.5, 0.6) is 11.5 Å². The van der Waals surface area contributed by atoms with E-state index in [1.165, 1.54) is 11.3 Å². The number of benzene rings is 2. The number of anilines is 1. The van der Waals surface area contributed by atoms with Gasteiger partial charge in [-0.15, -0.1) is 0 Å². The maximum atomic E-state index is 13.4. The van der Waals surface area contributed by atoms with Crippen LogP contribution in [0, 0.1) is 0 Å². The Balaban J connectivity index is 1.27. The van der Waals surface area contributed by atoms with Crippen LogP contribution in [0.1, 0.15) is 54.1 Å². The minimum atomic E-state index is -0.566. The molecule has 7 nitrogen and oxygen atoms in total. The Kier molecular flexibility index (Phi) is 6.37. The van der Waals surface area contributed by atoms with Gasteiger partial charge < -0.3 is 19.9 Å². The molecule has 1 amide bonds. The third kappa shape index (κ3) is 4.26. The minimum Gasteiger partial charge on any atom is -0.454 e. The van der Waals surface area contributed by atoms with Gasteiger partial charge >= 0.3 is 0 Å². The van der Waals surface area contributed by atoms with Gasteiger partial charge in [0.05, 0.1) is 18.1 Å². The molecular weight excluding hydrogens is 498 g/mol. The smallest absolute Gasteiger partial charge is 0.236 e. The summed E-state index contributed by atoms with van der Waals surface area (Å²) in [4.78, 5) is 21.3. The zero-order chi connectivity index (χ0) is 24.7. The Morgan fingerprint density at radius 1 is 1.22 bits per heavy atom. The van der Waals surface area contributed by atoms with E-state index in [2.05, 4.69) is 15.2 Å². The van der Waals surface area contributed by atoms with Crippen molar-refractivity contribution in [2.45, 2.75) is 49.6 Å². The molecule has 6 rings (SSSR count). The highest BCUT2D eigenvalue weighted by atomic mass is 35.5. The lowest BCUT2D eigenvalue weighted by molar-refractivity contribution is -0.118. The summed E-state index contributed by atoms with van der Waals surface area (Å²) >= 11 is 8.12. The molecule has 1 aliphatic carbocycles. The predicted octanol–water partition coefficient (Wildman–Crippen LogP) is 5.13. The van der Waals surface area contributed by atoms with E-state index in [0.717, 1.165) is 54.7 Å². The molecule has 1 saturated heterocycles. The quantitative estimate of drug-likeness (QED) is 0.445. The van der Waals surface area contributed by atoms with Crippen LogP contribution in [-0.4, -0.2) is 46.9 Å². The number of nitrogens with zero attached hydrogens (tertiary/aromatic N) is 2. The van der Waals surface area contributed by atoms with Crippen molar-refractivity contribution in [1.29, 1.82) is 0 Å². The van der Waals surface area contributed by atoms with Gasteiger partial charge in [0.2, 0.25) is 12.7 Å². The second kappa shape index (κ2) is 9.67. The molecule has 2 N–H and O–H groups in total. The van der Waals surface area contributed by atoms with Crippen LogP contribution in [0.15, 0.2) is 48.7 Å². The summed E-state index contributed by atoms with van der Waals surface area (Å²) in [6.45, 7) is 1.18. The van der Waals surface area contributed by atoms with E-state index in [4.69, 9.17) is 21.1 Å². The van der Waals surface area contributed by atoms with Crippen LogP contribution in [0.2, 0.25) is 5.02 Å². The Hall–Kier alpha value is -2.65. The fraction of sp³-hybridized carbons (Fsp3) is 0.407. The SMILES string of the molecule is O=C(Nc1ncc(C(c2ccccc2Cl)N2CCCCC2CO)s1)C1(c2ccc3c(c2)OCO3)CC1. The number of carbonyl (C=O) groups excluding carboxylic acids is 1. The van der Waals surface area contributed by atoms with Gasteiger partial charge in [-0.25, -0.2) is 4.98 Å². The number of fused-ring (bicyclic) bond motifs is 1. The number of amides is 1. The van der Waals surface area contributed by atoms with E-state index >= 15 is 0 Å². The molecule has 2 atom stereocenters. The molecule has 36 heavy (non-hydrogen) atoms. The van der Waals surface area contributed by atoms with Crippen molar-refractivity contribution >= 4 is 34.0 Å². The maximum Gasteiger partial charge on any atom is 0.236 e. The number of halogens is 1. The minimum absolute atomic E-state index is 0.0530. The number of aliphatic hydroxyl groups excluding tert-OH is 1. The van der Waals surface area contributed by atoms with E-state index in [9.17, 15) is 9.90 Å². The van der Waals surface area contributed by atoms with Gasteiger partial charge in [-0.1, -0.05) is 53.6 Å². The number of aliphatic hydroxyl groups is 1. The number of carbonyl (C=O) groups is 1. The lowest BCUT2D eigenvalue weighted by atomic mass is 9.94. The van der Waals surface area contributed by atoms with Gasteiger partial charge in [0, 0.05) is 22.1 Å². The van der Waals surface area contributed by atoms with E-state index < -0.39 is 5.41 Å². The van der Waals surface area contributed by atoms with Crippen LogP contribution >= 0.6 is 22.9 Å². The third-order valence-corrected chi connectivity index (χ3v) is 8.85. The van der Waals surface area contributed by atoms with Gasteiger partial charge in [-0.2, -0.15) is 0 Å². The van der Waals surface area contributed by atoms with Crippen LogP contribution in [0.4, 0.5) is 5.13 Å². The molecule has 2 aliphatic heterocycles. The van der Waals surface area contributed by atoms with Gasteiger partial charge in [-0.3, -0.25) is 9.69 Å². The first-order valence-electron chi connectivity index (χ1n) is 12.4. The molecule has 1 saturated carbocycles. The Morgan fingerprint density at radius 2 is 2.06 bits per heavy atom. The van der Waals surface area contributed by atoms with E-state index in [1.54, 1.807) is 0 Å². The third-order valence-electron chi connectivity index (χ3n) is 7.54. The first-order chi connectivity index (χ1) is 17.6. The molecule has 188 valence electrons. The number of likely N-dealkylation sites (tertiary alicyclic amines) is 1. The zero-order valence-corrected chi connectivity index (χ0v) is 21.4. The van der Waals surface area contributed by atoms with Crippen molar-refractivity contribution in [2.75, 3.05) is 25.3 Å². The largest absolute Gasteiger partial charge is 0.454 e. The van der Waals surface area contributed by atoms with Crippen molar-refractivity contribution in [3.05, 3.63) is 69.7 Å². The summed E-state index contributed by atoms with van der Waals surface area (Å²) in [5.41, 5.74) is 1.36. The summed E-state index contributed by atoms with van der Waals surface area (Å²) in [6.07, 6.45) is 6.51. The number of piperidine rings is 1. The number of thiazole rings is 1. The number of aromatic nitrogens is 1. The predicted molar refractivity (Wildman–Crippen MR) is 139 cm³/mol. The lowest BCUT2D eigenvalue weighted by Gasteiger charge is -2.40. The number of hydrogen-bond donors (Lipinski definition) is 2. The summed E-state index contributed by atoms with van der Waals surface area (Å²) in [5, 5.41) is 14.4. The summed E-state index contributed by atoms with van der Waals surface area (Å²) < 4.78 is 10.9. The lowest BCUT2D eigenvalue weighted by Crippen LogP contribution is -2.44. The highest BCUT2D eigenvalue weighted by Crippen LogP contribution is 2.51. The van der Waals surface area contributed by atoms with Crippen molar-refractivity contribution in [1.82, 2.24) is 9.88 Å². The van der Waals surface area contributed by atoms with Gasteiger partial charge in [0.25, 0.3) is 0 Å². The van der Waals surface area contributed by atoms with E-state index in [0.29, 0.717) is 21.7 Å². The number of ether oxygens (including phenoxy) is 2. The zero-order valence-electron chi connectivity index (χ0n) is 19.8. The summed E-state index contributed by atoms with van der Waals surface area (Å²) in [7, 11) is 0. The van der Waals surface area contributed by atoms with Crippen LogP contribution in [-0.2, 0) is 10.2 Å². The van der Waals surface area contributed by atoms with Crippen molar-refractivity contribution in [3.8, 4) is 11.5 Å². The summed E-state index contributed by atoms with van der Waals surface area (Å²) in [5.74, 6) is 1.34. The average molecular weight is 526 g/mol. The Bertz CT molecular complexity index is 1280. The first kappa shape index (κ1) is 23.7. The van der Waals surface area contributed by atoms with Gasteiger partial charge in [0.15, 0.2) is 16.6 Å². The Labute approximate surface area is 219 Å². The fourth-order valence-corrected chi connectivity index (χ4v) is 6.60. The fourth-order valence-electron chi connectivity index (χ4n) is 5.40. The average Bonchev–Trinajstić information content (AvgIpc) is 3.37. The molecule has 2 fully saturated rings. The maximum absolute atomic E-state index is 13.4. The van der Waals surface area contributed by atoms with Crippen molar-refractivity contribution in [2.24, 2.45) is 0 Å². The van der Waals surface area contributed by atoms with Crippen LogP contribution in [0.3, 0.4) is 0 Å². The topological polar surface area (TPSA) is 83.9 Å². The van der Waals surface area contributed by atoms with Crippen molar-refractivity contribution < 1.29 is 19.4 Å². The summed E-state index contributed by atoms with van der Waals surface area (Å²) in [6, 6.07) is 13.5. The molecule has 1 aromatic heterocycles. The second-order valence-electron chi connectivity index (χ2n) is 9.67. The molecule has 3 aliphatic rings. The Morgan fingerprint density at radius 3 is 2.86 bits per heavy atom. The molecule has 9 heteroatoms. The molecule has 2 unspecified atom stereocenters. The highest BCUT2D eigenvalue weighted by molar-refractivity contribution is 7.15. The van der Waals surface area contributed by atoms with Gasteiger partial charge in [0.1, 0.15) is 0 Å². The molecule has 2 aromatic carbocycles. The number of nitrogens with one attached hydrogen (secondary N) is 1. The molecule has 3 aromatic rings. The number of hydrogen-bond acceptors (Lipinski definition) is 7. The van der Waals surface area contributed by atoms with E-state index in [1.807, 2.05) is 48.7 Å². The molecule has 3 heterocycles. The second-order valence-corrected chi connectivity index (χ2v) is 11.1. The molecule has 0 radical (unpaired) electrons. The van der Waals surface area contributed by atoms with Crippen molar-refractivity contribution in [3.63, 3.8) is 0 Å². The monoisotopic (exact) mass is 525 g/mol. The van der Waals surface area contributed by atoms with Crippen LogP contribution < -0.4 is 14.8 Å². The standard InChI is InChI=1S/C27H28ClN3O4S/c28-20-7-2-1-6-19(20)24(31-12-4-3-5-18(31)15-32)23-14-29-26(36-23)30-25(33)27(10-11-27)17-8-9-21-22(13-17)35-16-34-21/h1-2,6-9,13-14,18,24,32H,3-5,10-12,15-16H2,(H,29,30,33).